The lowest BCUT2D eigenvalue weighted by atomic mass is 10.2. The van der Waals surface area contributed by atoms with Crippen molar-refractivity contribution in [3.63, 3.8) is 0 Å². The molecule has 2 aromatic rings. The Morgan fingerprint density at radius 3 is 2.53 bits per heavy atom. The second-order valence-electron chi connectivity index (χ2n) is 4.15. The van der Waals surface area contributed by atoms with E-state index < -0.39 is 10.8 Å². The lowest BCUT2D eigenvalue weighted by Gasteiger charge is -2.04. The Kier molecular flexibility index (Phi) is 4.58. The zero-order valence-corrected chi connectivity index (χ0v) is 11.5. The number of hydrogen-bond acceptors (Lipinski definition) is 3. The average Bonchev–Trinajstić information content (AvgIpc) is 2.45. The van der Waals surface area contributed by atoms with Crippen molar-refractivity contribution >= 4 is 10.8 Å². The molecular weight excluding hydrogens is 260 g/mol. The molecule has 0 aliphatic rings. The number of hydrogen-bond donors (Lipinski definition) is 1. The molecule has 2 aromatic carbocycles. The van der Waals surface area contributed by atoms with E-state index in [0.29, 0.717) is 10.6 Å². The Balaban J connectivity index is 1.96. The molecule has 3 nitrogen and oxygen atoms in total. The van der Waals surface area contributed by atoms with Gasteiger partial charge in [-0.25, -0.2) is 0 Å². The van der Waals surface area contributed by atoms with Crippen molar-refractivity contribution in [2.24, 2.45) is 0 Å². The Morgan fingerprint density at radius 1 is 1.16 bits per heavy atom. The van der Waals surface area contributed by atoms with Crippen LogP contribution >= 0.6 is 0 Å². The van der Waals surface area contributed by atoms with Gasteiger partial charge in [0.05, 0.1) is 17.9 Å². The van der Waals surface area contributed by atoms with E-state index in [-0.39, 0.29) is 5.75 Å². The van der Waals surface area contributed by atoms with Gasteiger partial charge in [0.25, 0.3) is 0 Å². The minimum atomic E-state index is -1.09. The molecule has 0 aromatic heterocycles. The number of aromatic hydroxyl groups is 1. The van der Waals surface area contributed by atoms with Gasteiger partial charge in [0, 0.05) is 10.6 Å². The number of ether oxygens (including phenoxy) is 1. The first-order valence-corrected chi connectivity index (χ1v) is 7.31. The van der Waals surface area contributed by atoms with Crippen molar-refractivity contribution < 1.29 is 14.1 Å². The first-order chi connectivity index (χ1) is 9.19. The molecule has 1 N–H and O–H groups in total. The molecule has 2 rings (SSSR count). The number of rotatable bonds is 5. The predicted octanol–water partition coefficient (Wildman–Crippen LogP) is 2.75. The van der Waals surface area contributed by atoms with E-state index in [1.54, 1.807) is 31.4 Å². The van der Waals surface area contributed by atoms with Gasteiger partial charge in [-0.2, -0.15) is 0 Å². The molecule has 0 amide bonds. The lowest BCUT2D eigenvalue weighted by Crippen LogP contribution is -2.01. The maximum absolute atomic E-state index is 12.1. The van der Waals surface area contributed by atoms with E-state index >= 15 is 0 Å². The zero-order chi connectivity index (χ0) is 13.7. The largest absolute Gasteiger partial charge is 0.508 e. The summed E-state index contributed by atoms with van der Waals surface area (Å²) < 4.78 is 17.2. The second-order valence-corrected chi connectivity index (χ2v) is 5.72. The lowest BCUT2D eigenvalue weighted by molar-refractivity contribution is 0.414. The summed E-state index contributed by atoms with van der Waals surface area (Å²) in [7, 11) is 0.538. The van der Waals surface area contributed by atoms with Crippen LogP contribution in [0.3, 0.4) is 0 Å². The first-order valence-electron chi connectivity index (χ1n) is 5.99. The molecule has 100 valence electrons. The predicted molar refractivity (Wildman–Crippen MR) is 76.1 cm³/mol. The van der Waals surface area contributed by atoms with Gasteiger partial charge in [0.2, 0.25) is 0 Å². The third-order valence-corrected chi connectivity index (χ3v) is 4.17. The molecule has 0 fully saturated rings. The fraction of sp³-hybridized carbons (Fsp3) is 0.200. The third-order valence-electron chi connectivity index (χ3n) is 2.82. The fourth-order valence-electron chi connectivity index (χ4n) is 1.75. The molecule has 0 radical (unpaired) electrons. The van der Waals surface area contributed by atoms with Crippen LogP contribution in [0.5, 0.6) is 11.5 Å². The van der Waals surface area contributed by atoms with Crippen molar-refractivity contribution in [3.05, 3.63) is 54.1 Å². The number of aryl methyl sites for hydroxylation is 1. The minimum Gasteiger partial charge on any atom is -0.508 e. The van der Waals surface area contributed by atoms with Crippen LogP contribution in [0.4, 0.5) is 0 Å². The summed E-state index contributed by atoms with van der Waals surface area (Å²) in [4.78, 5) is 0.661. The molecular formula is C15H16O3S. The molecule has 1 atom stereocenters. The number of methoxy groups -OCH3 is 1. The molecule has 0 bridgehead atoms. The molecule has 19 heavy (non-hydrogen) atoms. The van der Waals surface area contributed by atoms with Gasteiger partial charge in [-0.05, 0) is 42.3 Å². The average molecular weight is 276 g/mol. The smallest absolute Gasteiger partial charge is 0.118 e. The summed E-state index contributed by atoms with van der Waals surface area (Å²) in [6.45, 7) is 0. The van der Waals surface area contributed by atoms with Gasteiger partial charge >= 0.3 is 0 Å². The van der Waals surface area contributed by atoms with Crippen LogP contribution in [0.1, 0.15) is 5.56 Å². The van der Waals surface area contributed by atoms with Crippen LogP contribution in [-0.4, -0.2) is 22.2 Å². The van der Waals surface area contributed by atoms with Crippen molar-refractivity contribution in [1.82, 2.24) is 0 Å². The van der Waals surface area contributed by atoms with Crippen LogP contribution in [0, 0.1) is 0 Å². The van der Waals surface area contributed by atoms with Gasteiger partial charge in [0.15, 0.2) is 0 Å². The van der Waals surface area contributed by atoms with Crippen LogP contribution in [0.25, 0.3) is 0 Å². The Morgan fingerprint density at radius 2 is 1.89 bits per heavy atom. The summed E-state index contributed by atoms with van der Waals surface area (Å²) >= 11 is 0. The molecule has 0 spiro atoms. The quantitative estimate of drug-likeness (QED) is 0.913. The van der Waals surface area contributed by atoms with Crippen LogP contribution in [-0.2, 0) is 17.2 Å². The van der Waals surface area contributed by atoms with Gasteiger partial charge in [-0.15, -0.1) is 0 Å². The molecule has 0 aliphatic heterocycles. The highest BCUT2D eigenvalue weighted by atomic mass is 32.2. The summed E-state index contributed by atoms with van der Waals surface area (Å²) in [6, 6.07) is 14.3. The summed E-state index contributed by atoms with van der Waals surface area (Å²) in [5.41, 5.74) is 1.12. The maximum Gasteiger partial charge on any atom is 0.118 e. The van der Waals surface area contributed by atoms with Crippen LogP contribution < -0.4 is 4.74 Å². The number of phenolic OH excluding ortho intramolecular Hbond substituents is 1. The molecule has 0 saturated heterocycles. The van der Waals surface area contributed by atoms with Crippen molar-refractivity contribution in [1.29, 1.82) is 0 Å². The molecule has 0 heterocycles. The van der Waals surface area contributed by atoms with Gasteiger partial charge in [-0.1, -0.05) is 18.2 Å². The van der Waals surface area contributed by atoms with Gasteiger partial charge < -0.3 is 9.84 Å². The van der Waals surface area contributed by atoms with Crippen molar-refractivity contribution in [2.75, 3.05) is 12.9 Å². The third kappa shape index (κ3) is 3.83. The molecule has 4 heteroatoms. The Labute approximate surface area is 115 Å². The summed E-state index contributed by atoms with van der Waals surface area (Å²) in [6.07, 6.45) is 0.728. The number of phenols is 1. The van der Waals surface area contributed by atoms with Crippen molar-refractivity contribution in [3.8, 4) is 11.5 Å². The molecule has 0 saturated carbocycles. The zero-order valence-electron chi connectivity index (χ0n) is 10.7. The molecule has 0 aliphatic carbocycles. The van der Waals surface area contributed by atoms with E-state index in [4.69, 9.17) is 4.74 Å². The van der Waals surface area contributed by atoms with E-state index in [1.807, 2.05) is 24.3 Å². The Hall–Kier alpha value is -1.81. The van der Waals surface area contributed by atoms with E-state index in [2.05, 4.69) is 0 Å². The van der Waals surface area contributed by atoms with Gasteiger partial charge in [0.1, 0.15) is 11.5 Å². The highest BCUT2D eigenvalue weighted by Crippen LogP contribution is 2.16. The fourth-order valence-corrected chi connectivity index (χ4v) is 2.89. The summed E-state index contributed by atoms with van der Waals surface area (Å²) in [5, 5.41) is 9.36. The second kappa shape index (κ2) is 6.38. The van der Waals surface area contributed by atoms with E-state index in [0.717, 1.165) is 17.7 Å². The minimum absolute atomic E-state index is 0.148. The molecule has 0 unspecified atom stereocenters. The van der Waals surface area contributed by atoms with E-state index in [9.17, 15) is 9.32 Å². The number of benzene rings is 2. The maximum atomic E-state index is 12.1. The van der Waals surface area contributed by atoms with Crippen LogP contribution in [0.2, 0.25) is 0 Å². The standard InChI is InChI=1S/C15H16O3S/c1-18-14-7-5-12(6-8-14)9-10-19(17)15-4-2-3-13(16)11-15/h2-8,11,16H,9-10H2,1H3/t19-/m0/s1. The highest BCUT2D eigenvalue weighted by Gasteiger charge is 2.05. The van der Waals surface area contributed by atoms with E-state index in [1.165, 1.54) is 0 Å². The monoisotopic (exact) mass is 276 g/mol. The topological polar surface area (TPSA) is 46.5 Å². The normalized spacial score (nSPS) is 12.1. The highest BCUT2D eigenvalue weighted by molar-refractivity contribution is 7.85. The first kappa shape index (κ1) is 13.6. The summed E-state index contributed by atoms with van der Waals surface area (Å²) in [5.74, 6) is 1.50. The SMILES string of the molecule is COc1ccc(CC[S@](=O)c2cccc(O)c2)cc1. The van der Waals surface area contributed by atoms with Crippen molar-refractivity contribution in [2.45, 2.75) is 11.3 Å². The Bertz CT molecular complexity index is 564. The van der Waals surface area contributed by atoms with Crippen LogP contribution in [0.15, 0.2) is 53.4 Å². The van der Waals surface area contributed by atoms with Gasteiger partial charge in [-0.3, -0.25) is 4.21 Å².